The van der Waals surface area contributed by atoms with Gasteiger partial charge in [-0.25, -0.2) is 4.98 Å². The largest absolute Gasteiger partial charge is 0.349 e. The first kappa shape index (κ1) is 24.2. The summed E-state index contributed by atoms with van der Waals surface area (Å²) in [5.74, 6) is 0.649. The van der Waals surface area contributed by atoms with Crippen LogP contribution in [0, 0.1) is 0 Å². The Morgan fingerprint density at radius 3 is 2.53 bits per heavy atom. The summed E-state index contributed by atoms with van der Waals surface area (Å²) < 4.78 is 1.81. The number of fused-ring (bicyclic) bond motifs is 2. The molecule has 2 amide bonds. The summed E-state index contributed by atoms with van der Waals surface area (Å²) in [7, 11) is 0. The van der Waals surface area contributed by atoms with Gasteiger partial charge >= 0.3 is 0 Å². The molecule has 2 aliphatic heterocycles. The van der Waals surface area contributed by atoms with Crippen molar-refractivity contribution in [2.24, 2.45) is 0 Å². The maximum atomic E-state index is 13.0. The van der Waals surface area contributed by atoms with Gasteiger partial charge in [-0.05, 0) is 56.0 Å². The van der Waals surface area contributed by atoms with Crippen LogP contribution in [0.5, 0.6) is 0 Å². The fraction of sp³-hybridized carbons (Fsp3) is 0.429. The number of nitrogens with one attached hydrogen (secondary N) is 2. The SMILES string of the molecule is O=C(CN1CCC(NC(=O)c2ccc3c(=O)n4c(nc3c2)CCCCCC4)CC1)Nc1ccccc1. The number of likely N-dealkylation sites (tertiary alicyclic amines) is 1. The number of benzene rings is 2. The molecule has 5 rings (SSSR count). The quantitative estimate of drug-likeness (QED) is 0.576. The van der Waals surface area contributed by atoms with E-state index in [-0.39, 0.29) is 23.4 Å². The van der Waals surface area contributed by atoms with Crippen LogP contribution in [-0.4, -0.2) is 51.9 Å². The van der Waals surface area contributed by atoms with Crippen molar-refractivity contribution in [3.8, 4) is 0 Å². The zero-order valence-electron chi connectivity index (χ0n) is 20.5. The topological polar surface area (TPSA) is 96.3 Å². The number of amides is 2. The molecule has 2 aromatic carbocycles. The lowest BCUT2D eigenvalue weighted by atomic mass is 10.0. The van der Waals surface area contributed by atoms with Gasteiger partial charge in [-0.2, -0.15) is 0 Å². The van der Waals surface area contributed by atoms with E-state index in [2.05, 4.69) is 15.5 Å². The van der Waals surface area contributed by atoms with E-state index in [0.717, 1.165) is 69.5 Å². The second-order valence-corrected chi connectivity index (χ2v) is 9.82. The van der Waals surface area contributed by atoms with Crippen molar-refractivity contribution in [1.82, 2.24) is 19.8 Å². The molecule has 0 bridgehead atoms. The van der Waals surface area contributed by atoms with Crippen molar-refractivity contribution < 1.29 is 9.59 Å². The lowest BCUT2D eigenvalue weighted by molar-refractivity contribution is -0.117. The van der Waals surface area contributed by atoms with E-state index < -0.39 is 0 Å². The monoisotopic (exact) mass is 487 g/mol. The van der Waals surface area contributed by atoms with Gasteiger partial charge in [-0.15, -0.1) is 0 Å². The molecule has 0 atom stereocenters. The highest BCUT2D eigenvalue weighted by atomic mass is 16.2. The minimum absolute atomic E-state index is 0.00692. The minimum atomic E-state index is -0.147. The summed E-state index contributed by atoms with van der Waals surface area (Å²) in [6, 6.07) is 14.7. The Labute approximate surface area is 210 Å². The van der Waals surface area contributed by atoms with Crippen LogP contribution in [0.15, 0.2) is 53.3 Å². The molecule has 0 aliphatic carbocycles. The lowest BCUT2D eigenvalue weighted by Gasteiger charge is -2.31. The smallest absolute Gasteiger partial charge is 0.261 e. The van der Waals surface area contributed by atoms with E-state index >= 15 is 0 Å². The normalized spacial score (nSPS) is 17.1. The molecule has 1 saturated heterocycles. The first-order chi connectivity index (χ1) is 17.6. The van der Waals surface area contributed by atoms with Crippen LogP contribution in [0.4, 0.5) is 5.69 Å². The molecule has 0 unspecified atom stereocenters. The molecule has 1 fully saturated rings. The van der Waals surface area contributed by atoms with Crippen LogP contribution in [-0.2, 0) is 17.8 Å². The Hall–Kier alpha value is -3.52. The fourth-order valence-corrected chi connectivity index (χ4v) is 5.17. The van der Waals surface area contributed by atoms with Gasteiger partial charge in [0.05, 0.1) is 17.4 Å². The number of para-hydroxylation sites is 1. The molecular formula is C28H33N5O3. The molecule has 36 heavy (non-hydrogen) atoms. The number of aryl methyl sites for hydroxylation is 1. The van der Waals surface area contributed by atoms with Crippen molar-refractivity contribution in [2.75, 3.05) is 25.0 Å². The average Bonchev–Trinajstić information content (AvgIpc) is 2.86. The summed E-state index contributed by atoms with van der Waals surface area (Å²) >= 11 is 0. The van der Waals surface area contributed by atoms with Gasteiger partial charge in [-0.3, -0.25) is 23.9 Å². The maximum Gasteiger partial charge on any atom is 0.261 e. The molecule has 8 nitrogen and oxygen atoms in total. The van der Waals surface area contributed by atoms with Crippen molar-refractivity contribution in [3.05, 3.63) is 70.3 Å². The molecule has 8 heteroatoms. The van der Waals surface area contributed by atoms with Crippen LogP contribution in [0.3, 0.4) is 0 Å². The number of anilines is 1. The van der Waals surface area contributed by atoms with Gasteiger partial charge in [0.15, 0.2) is 0 Å². The van der Waals surface area contributed by atoms with E-state index in [0.29, 0.717) is 29.6 Å². The summed E-state index contributed by atoms with van der Waals surface area (Å²) in [4.78, 5) is 45.2. The average molecular weight is 488 g/mol. The third kappa shape index (κ3) is 5.65. The molecule has 0 spiro atoms. The Morgan fingerprint density at radius 2 is 1.72 bits per heavy atom. The molecule has 0 radical (unpaired) electrons. The number of rotatable bonds is 5. The van der Waals surface area contributed by atoms with Crippen LogP contribution in [0.2, 0.25) is 0 Å². The summed E-state index contributed by atoms with van der Waals surface area (Å²) in [6.07, 6.45) is 6.69. The standard InChI is InChI=1S/C28H33N5O3/c34-26(29-21-8-4-3-5-9-21)19-32-16-13-22(14-17-32)30-27(35)20-11-12-23-24(18-20)31-25-10-6-1-2-7-15-33(25)28(23)36/h3-5,8-9,11-12,18,22H,1-2,6-7,10,13-17,19H2,(H,29,34)(H,30,35). The zero-order chi connectivity index (χ0) is 24.9. The molecule has 3 aromatic rings. The Morgan fingerprint density at radius 1 is 0.944 bits per heavy atom. The van der Waals surface area contributed by atoms with Gasteiger partial charge in [-0.1, -0.05) is 31.0 Å². The first-order valence-electron chi connectivity index (χ1n) is 13.0. The number of piperidine rings is 1. The van der Waals surface area contributed by atoms with Crippen LogP contribution in [0.1, 0.15) is 54.7 Å². The van der Waals surface area contributed by atoms with E-state index in [1.807, 2.05) is 34.9 Å². The first-order valence-corrected chi connectivity index (χ1v) is 13.0. The number of aromatic nitrogens is 2. The van der Waals surface area contributed by atoms with Crippen molar-refractivity contribution in [1.29, 1.82) is 0 Å². The summed E-state index contributed by atoms with van der Waals surface area (Å²) in [5, 5.41) is 6.62. The number of hydrogen-bond donors (Lipinski definition) is 2. The highest BCUT2D eigenvalue weighted by Crippen LogP contribution is 2.17. The molecule has 2 N–H and O–H groups in total. The maximum absolute atomic E-state index is 13.0. The van der Waals surface area contributed by atoms with Crippen molar-refractivity contribution in [2.45, 2.75) is 57.5 Å². The van der Waals surface area contributed by atoms with Gasteiger partial charge < -0.3 is 10.6 Å². The number of carbonyl (C=O) groups is 2. The third-order valence-electron chi connectivity index (χ3n) is 7.18. The number of carbonyl (C=O) groups excluding carboxylic acids is 2. The molecule has 1 aromatic heterocycles. The van der Waals surface area contributed by atoms with E-state index in [9.17, 15) is 14.4 Å². The predicted molar refractivity (Wildman–Crippen MR) is 140 cm³/mol. The fourth-order valence-electron chi connectivity index (χ4n) is 5.17. The van der Waals surface area contributed by atoms with Crippen LogP contribution < -0.4 is 16.2 Å². The van der Waals surface area contributed by atoms with Gasteiger partial charge in [0.25, 0.3) is 11.5 Å². The Kier molecular flexibility index (Phi) is 7.41. The van der Waals surface area contributed by atoms with Gasteiger partial charge in [0.2, 0.25) is 5.91 Å². The highest BCUT2D eigenvalue weighted by Gasteiger charge is 2.23. The molecule has 3 heterocycles. The summed E-state index contributed by atoms with van der Waals surface area (Å²) in [5.41, 5.74) is 1.91. The van der Waals surface area contributed by atoms with Crippen molar-refractivity contribution in [3.63, 3.8) is 0 Å². The number of hydrogen-bond acceptors (Lipinski definition) is 5. The molecule has 0 saturated carbocycles. The molecule has 188 valence electrons. The summed E-state index contributed by atoms with van der Waals surface area (Å²) in [6.45, 7) is 2.54. The molecule has 2 aliphatic rings. The highest BCUT2D eigenvalue weighted by molar-refractivity contribution is 5.97. The van der Waals surface area contributed by atoms with E-state index in [1.54, 1.807) is 18.2 Å². The van der Waals surface area contributed by atoms with Gasteiger partial charge in [0.1, 0.15) is 5.82 Å². The predicted octanol–water partition coefficient (Wildman–Crippen LogP) is 3.35. The van der Waals surface area contributed by atoms with E-state index in [4.69, 9.17) is 4.98 Å². The van der Waals surface area contributed by atoms with E-state index in [1.165, 1.54) is 0 Å². The number of nitrogens with zero attached hydrogens (tertiary/aromatic N) is 3. The zero-order valence-corrected chi connectivity index (χ0v) is 20.5. The van der Waals surface area contributed by atoms with Gasteiger partial charge in [0, 0.05) is 43.3 Å². The Bertz CT molecular complexity index is 1300. The van der Waals surface area contributed by atoms with Crippen LogP contribution in [0.25, 0.3) is 10.9 Å². The second-order valence-electron chi connectivity index (χ2n) is 9.82. The van der Waals surface area contributed by atoms with Crippen molar-refractivity contribution >= 4 is 28.4 Å². The molecular weight excluding hydrogens is 454 g/mol. The minimum Gasteiger partial charge on any atom is -0.349 e. The second kappa shape index (κ2) is 11.0. The lowest BCUT2D eigenvalue weighted by Crippen LogP contribution is -2.46. The van der Waals surface area contributed by atoms with Crippen LogP contribution >= 0.6 is 0 Å². The third-order valence-corrected chi connectivity index (χ3v) is 7.18. The Balaban J connectivity index is 1.18.